The van der Waals surface area contributed by atoms with Gasteiger partial charge in [-0.25, -0.2) is 4.79 Å². The van der Waals surface area contributed by atoms with Crippen molar-refractivity contribution in [3.8, 4) is 0 Å². The van der Waals surface area contributed by atoms with Crippen molar-refractivity contribution in [3.05, 3.63) is 41.7 Å². The van der Waals surface area contributed by atoms with Gasteiger partial charge in [0.1, 0.15) is 11.2 Å². The van der Waals surface area contributed by atoms with Crippen LogP contribution in [0.4, 0.5) is 5.69 Å². The molecular formula is C23H28N4O4S. The third kappa shape index (κ3) is 4.01. The summed E-state index contributed by atoms with van der Waals surface area (Å²) < 4.78 is 6.22. The number of carbonyl (C=O) groups is 3. The first-order valence-electron chi connectivity index (χ1n) is 10.8. The Hall–Kier alpha value is -2.81. The number of hydrogen-bond donors (Lipinski definition) is 1. The van der Waals surface area contributed by atoms with Crippen LogP contribution in [0, 0.1) is 0 Å². The molecule has 1 aliphatic heterocycles. The Balaban J connectivity index is 1.76. The molecule has 1 fully saturated rings. The number of nitrogens with one attached hydrogen (secondary N) is 1. The number of rotatable bonds is 5. The first-order chi connectivity index (χ1) is 15.4. The number of amides is 2. The summed E-state index contributed by atoms with van der Waals surface area (Å²) in [6.45, 7) is 1.89. The maximum atomic E-state index is 13.7. The third-order valence-corrected chi connectivity index (χ3v) is 7.01. The molecule has 8 nitrogen and oxygen atoms in total. The van der Waals surface area contributed by atoms with Crippen molar-refractivity contribution < 1.29 is 19.1 Å². The van der Waals surface area contributed by atoms with Crippen LogP contribution in [0.2, 0.25) is 0 Å². The van der Waals surface area contributed by atoms with Gasteiger partial charge in [0.05, 0.1) is 13.7 Å². The minimum absolute atomic E-state index is 0.0469. The van der Waals surface area contributed by atoms with Crippen LogP contribution in [0.3, 0.4) is 0 Å². The van der Waals surface area contributed by atoms with Crippen LogP contribution in [-0.4, -0.2) is 52.5 Å². The summed E-state index contributed by atoms with van der Waals surface area (Å²) in [7, 11) is 1.27. The summed E-state index contributed by atoms with van der Waals surface area (Å²) in [5.41, 5.74) is -0.276. The molecule has 2 heterocycles. The Morgan fingerprint density at radius 2 is 1.97 bits per heavy atom. The topological polar surface area (TPSA) is 93.5 Å². The lowest BCUT2D eigenvalue weighted by Crippen LogP contribution is -2.65. The molecule has 0 saturated heterocycles. The van der Waals surface area contributed by atoms with E-state index in [4.69, 9.17) is 4.74 Å². The number of fused-ring (bicyclic) bond motifs is 1. The highest BCUT2D eigenvalue weighted by molar-refractivity contribution is 7.98. The Morgan fingerprint density at radius 3 is 2.66 bits per heavy atom. The number of aromatic nitrogens is 2. The van der Waals surface area contributed by atoms with E-state index in [0.717, 1.165) is 30.6 Å². The monoisotopic (exact) mass is 456 g/mol. The van der Waals surface area contributed by atoms with Crippen LogP contribution in [-0.2, 0) is 16.1 Å². The second-order valence-corrected chi connectivity index (χ2v) is 9.37. The Bertz CT molecular complexity index is 1050. The highest BCUT2D eigenvalue weighted by Crippen LogP contribution is 2.35. The average molecular weight is 457 g/mol. The van der Waals surface area contributed by atoms with Crippen molar-refractivity contribution in [3.63, 3.8) is 0 Å². The predicted octanol–water partition coefficient (Wildman–Crippen LogP) is 3.26. The smallest absolute Gasteiger partial charge is 0.358 e. The molecule has 32 heavy (non-hydrogen) atoms. The second kappa shape index (κ2) is 8.97. The summed E-state index contributed by atoms with van der Waals surface area (Å²) in [5, 5.41) is 7.45. The lowest BCUT2D eigenvalue weighted by atomic mass is 9.91. The zero-order valence-corrected chi connectivity index (χ0v) is 19.4. The Labute approximate surface area is 191 Å². The molecule has 1 saturated carbocycles. The van der Waals surface area contributed by atoms with E-state index in [9.17, 15) is 14.4 Å². The molecule has 0 spiro atoms. The van der Waals surface area contributed by atoms with Crippen LogP contribution in [0.5, 0.6) is 0 Å². The van der Waals surface area contributed by atoms with E-state index in [0.29, 0.717) is 5.69 Å². The number of anilines is 1. The molecule has 2 aromatic rings. The fourth-order valence-corrected chi connectivity index (χ4v) is 4.98. The van der Waals surface area contributed by atoms with Gasteiger partial charge in [-0.2, -0.15) is 5.10 Å². The lowest BCUT2D eigenvalue weighted by molar-refractivity contribution is -0.127. The summed E-state index contributed by atoms with van der Waals surface area (Å²) in [4.78, 5) is 41.9. The number of carbonyl (C=O) groups excluding carboxylic acids is 3. The van der Waals surface area contributed by atoms with E-state index >= 15 is 0 Å². The van der Waals surface area contributed by atoms with Crippen molar-refractivity contribution in [2.45, 2.75) is 62.0 Å². The molecule has 2 amide bonds. The maximum Gasteiger partial charge on any atom is 0.358 e. The molecule has 0 bridgehead atoms. The molecule has 170 valence electrons. The molecule has 1 aliphatic carbocycles. The van der Waals surface area contributed by atoms with Gasteiger partial charge < -0.3 is 10.1 Å². The van der Waals surface area contributed by atoms with Gasteiger partial charge in [-0.05, 0) is 44.2 Å². The van der Waals surface area contributed by atoms with Gasteiger partial charge >= 0.3 is 5.97 Å². The minimum Gasteiger partial charge on any atom is -0.464 e. The first-order valence-corrected chi connectivity index (χ1v) is 12.1. The number of ether oxygens (including phenoxy) is 1. The predicted molar refractivity (Wildman–Crippen MR) is 122 cm³/mol. The largest absolute Gasteiger partial charge is 0.464 e. The molecule has 1 N–H and O–H groups in total. The van der Waals surface area contributed by atoms with Gasteiger partial charge in [0.25, 0.3) is 5.91 Å². The molecule has 1 unspecified atom stereocenters. The van der Waals surface area contributed by atoms with Crippen LogP contribution >= 0.6 is 11.8 Å². The van der Waals surface area contributed by atoms with Crippen molar-refractivity contribution in [1.82, 2.24) is 15.1 Å². The van der Waals surface area contributed by atoms with Crippen LogP contribution in [0.25, 0.3) is 0 Å². The number of benzene rings is 1. The molecular weight excluding hydrogens is 428 g/mol. The van der Waals surface area contributed by atoms with Crippen LogP contribution in [0.15, 0.2) is 35.2 Å². The Kier molecular flexibility index (Phi) is 6.28. The Morgan fingerprint density at radius 1 is 1.22 bits per heavy atom. The van der Waals surface area contributed by atoms with Gasteiger partial charge in [0, 0.05) is 22.7 Å². The maximum absolute atomic E-state index is 13.7. The van der Waals surface area contributed by atoms with Crippen LogP contribution < -0.4 is 10.2 Å². The summed E-state index contributed by atoms with van der Waals surface area (Å²) in [6.07, 6.45) is 7.21. The fourth-order valence-electron chi connectivity index (χ4n) is 4.53. The fraction of sp³-hybridized carbons (Fsp3) is 0.478. The van der Waals surface area contributed by atoms with E-state index in [1.165, 1.54) is 24.3 Å². The standard InChI is InChI=1S/C23H28N4O4S/c1-23(22(30)24-15-8-5-4-6-9-15)14-26-19(13-18(25-26)21(29)31-2)20(28)27(23)16-10-7-11-17(12-16)32-3/h7,10-13,15H,4-6,8-9,14H2,1-3H3,(H,24,30). The van der Waals surface area contributed by atoms with Crippen molar-refractivity contribution in [2.75, 3.05) is 18.3 Å². The quantitative estimate of drug-likeness (QED) is 0.548. The number of thioether (sulfide) groups is 1. The van der Waals surface area contributed by atoms with Gasteiger partial charge in [0.2, 0.25) is 5.91 Å². The van der Waals surface area contributed by atoms with E-state index in [-0.39, 0.29) is 35.8 Å². The zero-order valence-electron chi connectivity index (χ0n) is 18.6. The van der Waals surface area contributed by atoms with Crippen molar-refractivity contribution in [2.24, 2.45) is 0 Å². The normalized spacial score (nSPS) is 21.2. The summed E-state index contributed by atoms with van der Waals surface area (Å²) >= 11 is 1.56. The molecule has 1 aromatic heterocycles. The van der Waals surface area contributed by atoms with Crippen molar-refractivity contribution in [1.29, 1.82) is 0 Å². The first kappa shape index (κ1) is 22.4. The number of esters is 1. The van der Waals surface area contributed by atoms with Crippen molar-refractivity contribution >= 4 is 35.2 Å². The van der Waals surface area contributed by atoms with E-state index in [1.54, 1.807) is 23.6 Å². The number of hydrogen-bond acceptors (Lipinski definition) is 6. The molecule has 2 aliphatic rings. The summed E-state index contributed by atoms with van der Waals surface area (Å²) in [5.74, 6) is -1.21. The van der Waals surface area contributed by atoms with E-state index < -0.39 is 11.5 Å². The minimum atomic E-state index is -1.21. The van der Waals surface area contributed by atoms with E-state index in [2.05, 4.69) is 10.4 Å². The van der Waals surface area contributed by atoms with Gasteiger partial charge in [-0.15, -0.1) is 11.8 Å². The molecule has 9 heteroatoms. The van der Waals surface area contributed by atoms with Gasteiger partial charge in [-0.1, -0.05) is 25.3 Å². The lowest BCUT2D eigenvalue weighted by Gasteiger charge is -2.44. The molecule has 0 radical (unpaired) electrons. The number of methoxy groups -OCH3 is 1. The highest BCUT2D eigenvalue weighted by Gasteiger charge is 2.49. The second-order valence-electron chi connectivity index (χ2n) is 8.49. The molecule has 1 atom stereocenters. The highest BCUT2D eigenvalue weighted by atomic mass is 32.2. The molecule has 4 rings (SSSR count). The molecule has 1 aromatic carbocycles. The number of nitrogens with zero attached hydrogens (tertiary/aromatic N) is 3. The SMILES string of the molecule is COC(=O)c1cc2n(n1)CC(C)(C(=O)NC1CCCCC1)N(c1cccc(SC)c1)C2=O. The van der Waals surface area contributed by atoms with Gasteiger partial charge in [-0.3, -0.25) is 19.2 Å². The van der Waals surface area contributed by atoms with Gasteiger partial charge in [0.15, 0.2) is 5.69 Å². The van der Waals surface area contributed by atoms with E-state index in [1.807, 2.05) is 30.5 Å². The zero-order chi connectivity index (χ0) is 22.9. The van der Waals surface area contributed by atoms with Crippen LogP contribution in [0.1, 0.15) is 60.0 Å². The third-order valence-electron chi connectivity index (χ3n) is 6.29. The summed E-state index contributed by atoms with van der Waals surface area (Å²) in [6, 6.07) is 9.10. The average Bonchev–Trinajstić information content (AvgIpc) is 3.23.